The van der Waals surface area contributed by atoms with E-state index in [1.54, 1.807) is 4.68 Å². The Morgan fingerprint density at radius 2 is 2.24 bits per heavy atom. The Morgan fingerprint density at radius 3 is 2.94 bits per heavy atom. The van der Waals surface area contributed by atoms with Gasteiger partial charge in [-0.2, -0.15) is 10.2 Å². The van der Waals surface area contributed by atoms with Crippen LogP contribution in [0.25, 0.3) is 0 Å². The number of carboxylic acid groups (broad SMARTS) is 1. The highest BCUT2D eigenvalue weighted by atomic mass is 16.4. The fraction of sp³-hybridized carbons (Fsp3) is 0.400. The summed E-state index contributed by atoms with van der Waals surface area (Å²) in [6, 6.07) is 1.46. The number of aromatic nitrogens is 5. The van der Waals surface area contributed by atoms with Crippen LogP contribution in [0, 0.1) is 0 Å². The molecule has 2 aromatic rings. The van der Waals surface area contributed by atoms with Crippen LogP contribution in [0.5, 0.6) is 0 Å². The minimum Gasteiger partial charge on any atom is -0.477 e. The number of carbonyl (C=O) groups is 1. The van der Waals surface area contributed by atoms with Crippen molar-refractivity contribution >= 4 is 5.97 Å². The van der Waals surface area contributed by atoms with Crippen molar-refractivity contribution in [2.75, 3.05) is 0 Å². The van der Waals surface area contributed by atoms with Gasteiger partial charge in [-0.3, -0.25) is 4.68 Å². The summed E-state index contributed by atoms with van der Waals surface area (Å²) in [5.41, 5.74) is 0.149. The zero-order chi connectivity index (χ0) is 12.3. The molecule has 0 spiro atoms. The fourth-order valence-corrected chi connectivity index (χ4v) is 1.58. The lowest BCUT2D eigenvalue weighted by Gasteiger charge is -2.06. The minimum absolute atomic E-state index is 0.149. The number of rotatable bonds is 5. The predicted octanol–water partition coefficient (Wildman–Crippen LogP) is 0.631. The molecular formula is C10H13N5O2. The zero-order valence-corrected chi connectivity index (χ0v) is 9.44. The van der Waals surface area contributed by atoms with Gasteiger partial charge in [0.1, 0.15) is 24.4 Å². The maximum absolute atomic E-state index is 10.9. The van der Waals surface area contributed by atoms with E-state index in [0.717, 1.165) is 13.0 Å². The van der Waals surface area contributed by atoms with E-state index < -0.39 is 5.97 Å². The van der Waals surface area contributed by atoms with Crippen LogP contribution in [0.1, 0.15) is 29.7 Å². The van der Waals surface area contributed by atoms with Crippen molar-refractivity contribution in [3.8, 4) is 0 Å². The first-order valence-corrected chi connectivity index (χ1v) is 5.34. The van der Waals surface area contributed by atoms with Crippen molar-refractivity contribution in [2.45, 2.75) is 26.4 Å². The molecule has 0 saturated carbocycles. The van der Waals surface area contributed by atoms with Crippen LogP contribution in [0.4, 0.5) is 0 Å². The van der Waals surface area contributed by atoms with Crippen molar-refractivity contribution in [1.29, 1.82) is 0 Å². The van der Waals surface area contributed by atoms with Gasteiger partial charge in [0.15, 0.2) is 0 Å². The molecule has 0 unspecified atom stereocenters. The van der Waals surface area contributed by atoms with Gasteiger partial charge >= 0.3 is 5.97 Å². The molecule has 2 rings (SSSR count). The van der Waals surface area contributed by atoms with Crippen LogP contribution in [-0.2, 0) is 13.1 Å². The summed E-state index contributed by atoms with van der Waals surface area (Å²) in [5.74, 6) is -0.290. The molecule has 17 heavy (non-hydrogen) atoms. The Kier molecular flexibility index (Phi) is 3.17. The van der Waals surface area contributed by atoms with Crippen molar-refractivity contribution in [1.82, 2.24) is 24.5 Å². The molecule has 7 nitrogen and oxygen atoms in total. The van der Waals surface area contributed by atoms with Gasteiger partial charge < -0.3 is 5.11 Å². The first kappa shape index (κ1) is 11.3. The lowest BCUT2D eigenvalue weighted by Crippen LogP contribution is -2.15. The topological polar surface area (TPSA) is 85.8 Å². The minimum atomic E-state index is -0.996. The van der Waals surface area contributed by atoms with Gasteiger partial charge in [-0.05, 0) is 12.5 Å². The van der Waals surface area contributed by atoms with Crippen LogP contribution < -0.4 is 0 Å². The van der Waals surface area contributed by atoms with Crippen LogP contribution >= 0.6 is 0 Å². The number of aromatic carboxylic acids is 1. The van der Waals surface area contributed by atoms with E-state index in [0.29, 0.717) is 12.4 Å². The number of nitrogens with zero attached hydrogens (tertiary/aromatic N) is 5. The van der Waals surface area contributed by atoms with Crippen LogP contribution in [0.3, 0.4) is 0 Å². The lowest BCUT2D eigenvalue weighted by molar-refractivity contribution is 0.0683. The standard InChI is InChI=1S/C10H13N5O2/c1-2-5-14-9(11-7-13-14)6-15-8(10(16)17)3-4-12-15/h3-4,7H,2,5-6H2,1H3,(H,16,17). The molecule has 2 heterocycles. The largest absolute Gasteiger partial charge is 0.477 e. The van der Waals surface area contributed by atoms with Crippen LogP contribution in [0.2, 0.25) is 0 Å². The molecule has 0 aliphatic rings. The highest BCUT2D eigenvalue weighted by Gasteiger charge is 2.12. The summed E-state index contributed by atoms with van der Waals surface area (Å²) in [5, 5.41) is 17.0. The summed E-state index contributed by atoms with van der Waals surface area (Å²) in [7, 11) is 0. The fourth-order valence-electron chi connectivity index (χ4n) is 1.58. The SMILES string of the molecule is CCCn1ncnc1Cn1nccc1C(=O)O. The molecule has 1 N–H and O–H groups in total. The van der Waals surface area contributed by atoms with Gasteiger partial charge in [0.2, 0.25) is 0 Å². The lowest BCUT2D eigenvalue weighted by atomic mass is 10.4. The second kappa shape index (κ2) is 4.77. The average Bonchev–Trinajstić information content (AvgIpc) is 2.89. The van der Waals surface area contributed by atoms with Crippen molar-refractivity contribution in [3.63, 3.8) is 0 Å². The van der Waals surface area contributed by atoms with Crippen molar-refractivity contribution < 1.29 is 9.90 Å². The zero-order valence-electron chi connectivity index (χ0n) is 9.44. The second-order valence-electron chi connectivity index (χ2n) is 3.58. The first-order valence-electron chi connectivity index (χ1n) is 5.34. The molecule has 0 saturated heterocycles. The van der Waals surface area contributed by atoms with Gasteiger partial charge in [-0.25, -0.2) is 14.5 Å². The van der Waals surface area contributed by atoms with Gasteiger partial charge in [-0.15, -0.1) is 0 Å². The van der Waals surface area contributed by atoms with Crippen LogP contribution in [-0.4, -0.2) is 35.6 Å². The van der Waals surface area contributed by atoms with Gasteiger partial charge in [0.25, 0.3) is 0 Å². The molecule has 0 aromatic carbocycles. The first-order chi connectivity index (χ1) is 8.22. The molecule has 2 aromatic heterocycles. The normalized spacial score (nSPS) is 10.6. The molecule has 0 aliphatic carbocycles. The highest BCUT2D eigenvalue weighted by molar-refractivity contribution is 5.85. The van der Waals surface area contributed by atoms with E-state index in [1.165, 1.54) is 23.3 Å². The average molecular weight is 235 g/mol. The summed E-state index contributed by atoms with van der Waals surface area (Å²) in [4.78, 5) is 15.0. The summed E-state index contributed by atoms with van der Waals surface area (Å²) in [6.07, 6.45) is 3.88. The van der Waals surface area contributed by atoms with E-state index in [-0.39, 0.29) is 5.69 Å². The second-order valence-corrected chi connectivity index (χ2v) is 3.58. The molecule has 0 radical (unpaired) electrons. The molecule has 0 amide bonds. The Labute approximate surface area is 97.7 Å². The quantitative estimate of drug-likeness (QED) is 0.821. The molecule has 0 fully saturated rings. The van der Waals surface area contributed by atoms with E-state index in [4.69, 9.17) is 5.11 Å². The monoisotopic (exact) mass is 235 g/mol. The molecule has 0 aliphatic heterocycles. The maximum Gasteiger partial charge on any atom is 0.354 e. The number of hydrogen-bond donors (Lipinski definition) is 1. The van der Waals surface area contributed by atoms with Gasteiger partial charge in [0.05, 0.1) is 0 Å². The smallest absolute Gasteiger partial charge is 0.354 e. The summed E-state index contributed by atoms with van der Waals surface area (Å²) >= 11 is 0. The van der Waals surface area contributed by atoms with Crippen molar-refractivity contribution in [2.24, 2.45) is 0 Å². The Bertz CT molecular complexity index is 516. The van der Waals surface area contributed by atoms with E-state index >= 15 is 0 Å². The Morgan fingerprint density at radius 1 is 1.41 bits per heavy atom. The summed E-state index contributed by atoms with van der Waals surface area (Å²) < 4.78 is 3.16. The summed E-state index contributed by atoms with van der Waals surface area (Å²) in [6.45, 7) is 3.12. The maximum atomic E-state index is 10.9. The van der Waals surface area contributed by atoms with E-state index in [9.17, 15) is 4.79 Å². The van der Waals surface area contributed by atoms with E-state index in [2.05, 4.69) is 15.2 Å². The third-order valence-corrected chi connectivity index (χ3v) is 2.36. The third kappa shape index (κ3) is 2.32. The van der Waals surface area contributed by atoms with E-state index in [1.807, 2.05) is 6.92 Å². The molecule has 7 heteroatoms. The Hall–Kier alpha value is -2.18. The number of hydrogen-bond acceptors (Lipinski definition) is 4. The van der Waals surface area contributed by atoms with Gasteiger partial charge in [0, 0.05) is 12.7 Å². The van der Waals surface area contributed by atoms with Crippen molar-refractivity contribution in [3.05, 3.63) is 30.1 Å². The van der Waals surface area contributed by atoms with Crippen LogP contribution in [0.15, 0.2) is 18.6 Å². The Balaban J connectivity index is 2.22. The molecule has 0 atom stereocenters. The molecule has 90 valence electrons. The highest BCUT2D eigenvalue weighted by Crippen LogP contribution is 2.04. The predicted molar refractivity (Wildman–Crippen MR) is 58.6 cm³/mol. The third-order valence-electron chi connectivity index (χ3n) is 2.36. The van der Waals surface area contributed by atoms with Gasteiger partial charge in [-0.1, -0.05) is 6.92 Å². The molecular weight excluding hydrogens is 222 g/mol. The number of aryl methyl sites for hydroxylation is 1. The molecule has 0 bridgehead atoms. The number of carboxylic acids is 1.